The van der Waals surface area contributed by atoms with Gasteiger partial charge in [-0.25, -0.2) is 15.4 Å². The quantitative estimate of drug-likeness (QED) is 0.235. The number of aromatic nitrogens is 2. The summed E-state index contributed by atoms with van der Waals surface area (Å²) in [6.07, 6.45) is 1.42. The van der Waals surface area contributed by atoms with Crippen LogP contribution >= 0.6 is 23.4 Å². The van der Waals surface area contributed by atoms with Crippen molar-refractivity contribution in [2.45, 2.75) is 24.8 Å². The summed E-state index contributed by atoms with van der Waals surface area (Å²) in [5.41, 5.74) is 6.45. The van der Waals surface area contributed by atoms with Crippen molar-refractivity contribution in [1.82, 2.24) is 15.4 Å². The fourth-order valence-corrected chi connectivity index (χ4v) is 3.84. The number of nitrogens with zero attached hydrogens (tertiary/aromatic N) is 3. The third-order valence-corrected chi connectivity index (χ3v) is 5.40. The molecule has 0 spiro atoms. The van der Waals surface area contributed by atoms with E-state index >= 15 is 0 Å². The maximum Gasteiger partial charge on any atom is 0.271 e. The summed E-state index contributed by atoms with van der Waals surface area (Å²) in [5.74, 6) is 0.435. The van der Waals surface area contributed by atoms with Gasteiger partial charge in [0.05, 0.1) is 18.3 Å². The number of carbonyl (C=O) groups is 1. The molecule has 0 saturated carbocycles. The number of aryl methyl sites for hydroxylation is 2. The number of carbonyl (C=O) groups excluding carboxylic acids is 1. The summed E-state index contributed by atoms with van der Waals surface area (Å²) >= 11 is 7.49. The highest BCUT2D eigenvalue weighted by molar-refractivity contribution is 7.98. The summed E-state index contributed by atoms with van der Waals surface area (Å²) in [6.45, 7) is 3.89. The van der Waals surface area contributed by atoms with Crippen LogP contribution in [0.1, 0.15) is 32.9 Å². The Hall–Kier alpha value is -3.10. The molecule has 0 unspecified atom stereocenters. The largest absolute Gasteiger partial charge is 0.503 e. The summed E-state index contributed by atoms with van der Waals surface area (Å²) < 4.78 is 5.04. The highest BCUT2D eigenvalue weighted by Gasteiger charge is 2.09. The van der Waals surface area contributed by atoms with Crippen LogP contribution in [0.15, 0.2) is 52.7 Å². The third kappa shape index (κ3) is 6.19. The second kappa shape index (κ2) is 10.3. The highest BCUT2D eigenvalue weighted by Crippen LogP contribution is 2.34. The van der Waals surface area contributed by atoms with Crippen molar-refractivity contribution in [2.75, 3.05) is 7.11 Å². The molecule has 1 heterocycles. The number of phenolic OH excluding ortho intramolecular Hbond substituents is 1. The Morgan fingerprint density at radius 3 is 2.52 bits per heavy atom. The first-order valence-corrected chi connectivity index (χ1v) is 10.7. The highest BCUT2D eigenvalue weighted by atomic mass is 35.5. The number of nitrogens with one attached hydrogen (secondary N) is 1. The van der Waals surface area contributed by atoms with Gasteiger partial charge in [-0.05, 0) is 55.3 Å². The molecule has 7 nitrogen and oxygen atoms in total. The smallest absolute Gasteiger partial charge is 0.271 e. The van der Waals surface area contributed by atoms with Crippen molar-refractivity contribution in [3.63, 3.8) is 0 Å². The third-order valence-electron chi connectivity index (χ3n) is 4.20. The number of rotatable bonds is 7. The van der Waals surface area contributed by atoms with Gasteiger partial charge in [-0.1, -0.05) is 35.5 Å². The maximum atomic E-state index is 12.3. The lowest BCUT2D eigenvalue weighted by Crippen LogP contribution is -2.17. The van der Waals surface area contributed by atoms with Gasteiger partial charge in [0.25, 0.3) is 5.91 Å². The topological polar surface area (TPSA) is 96.7 Å². The van der Waals surface area contributed by atoms with E-state index in [0.717, 1.165) is 22.1 Å². The molecule has 2 N–H and O–H groups in total. The normalized spacial score (nSPS) is 11.0. The van der Waals surface area contributed by atoms with Crippen molar-refractivity contribution in [1.29, 1.82) is 0 Å². The van der Waals surface area contributed by atoms with E-state index in [1.807, 2.05) is 32.0 Å². The Morgan fingerprint density at radius 2 is 1.87 bits per heavy atom. The minimum Gasteiger partial charge on any atom is -0.503 e. The van der Waals surface area contributed by atoms with E-state index in [4.69, 9.17) is 16.3 Å². The van der Waals surface area contributed by atoms with E-state index in [0.29, 0.717) is 16.9 Å². The van der Waals surface area contributed by atoms with Gasteiger partial charge in [-0.2, -0.15) is 5.10 Å². The Balaban J connectivity index is 1.57. The zero-order valence-electron chi connectivity index (χ0n) is 17.2. The number of hydrogen-bond donors (Lipinski definition) is 2. The number of halogens is 1. The fourth-order valence-electron chi connectivity index (χ4n) is 2.71. The minimum absolute atomic E-state index is 0.131. The minimum atomic E-state index is -0.343. The van der Waals surface area contributed by atoms with Crippen LogP contribution in [0.25, 0.3) is 0 Å². The number of phenols is 1. The number of hydrogen-bond acceptors (Lipinski definition) is 7. The number of benzene rings is 2. The second-order valence-corrected chi connectivity index (χ2v) is 8.02. The molecule has 0 aliphatic heterocycles. The number of ether oxygens (including phenoxy) is 1. The van der Waals surface area contributed by atoms with Crippen LogP contribution < -0.4 is 10.2 Å². The fraction of sp³-hybridized carbons (Fsp3) is 0.182. The number of aromatic hydroxyl groups is 1. The molecule has 0 bridgehead atoms. The molecular weight excluding hydrogens is 436 g/mol. The Bertz CT molecular complexity index is 1100. The average Bonchev–Trinajstić information content (AvgIpc) is 2.74. The van der Waals surface area contributed by atoms with Crippen molar-refractivity contribution in [3.05, 3.63) is 75.6 Å². The van der Waals surface area contributed by atoms with Gasteiger partial charge in [0.1, 0.15) is 0 Å². The van der Waals surface area contributed by atoms with E-state index in [1.54, 1.807) is 30.0 Å². The number of hydrazone groups is 1. The van der Waals surface area contributed by atoms with Gasteiger partial charge < -0.3 is 9.84 Å². The van der Waals surface area contributed by atoms with Gasteiger partial charge >= 0.3 is 0 Å². The molecule has 2 aromatic carbocycles. The predicted molar refractivity (Wildman–Crippen MR) is 122 cm³/mol. The van der Waals surface area contributed by atoms with E-state index in [1.165, 1.54) is 19.4 Å². The molecule has 0 aliphatic rings. The van der Waals surface area contributed by atoms with E-state index < -0.39 is 0 Å². The first-order chi connectivity index (χ1) is 14.9. The van der Waals surface area contributed by atoms with Crippen LogP contribution in [0, 0.1) is 13.8 Å². The summed E-state index contributed by atoms with van der Waals surface area (Å²) in [5, 5.41) is 14.6. The zero-order valence-corrected chi connectivity index (χ0v) is 18.8. The molecule has 9 heteroatoms. The van der Waals surface area contributed by atoms with Gasteiger partial charge in [-0.3, -0.25) is 4.79 Å². The van der Waals surface area contributed by atoms with Gasteiger partial charge in [0.2, 0.25) is 0 Å². The van der Waals surface area contributed by atoms with Gasteiger partial charge in [0, 0.05) is 22.7 Å². The maximum absolute atomic E-state index is 12.3. The Labute approximate surface area is 189 Å². The van der Waals surface area contributed by atoms with Crippen molar-refractivity contribution >= 4 is 35.5 Å². The lowest BCUT2D eigenvalue weighted by molar-refractivity contribution is 0.0955. The van der Waals surface area contributed by atoms with Gasteiger partial charge in [-0.15, -0.1) is 0 Å². The van der Waals surface area contributed by atoms with Gasteiger partial charge in [0.15, 0.2) is 16.7 Å². The Kier molecular flexibility index (Phi) is 7.49. The zero-order chi connectivity index (χ0) is 22.4. The lowest BCUT2D eigenvalue weighted by Gasteiger charge is -2.06. The SMILES string of the molecule is COc1cc(/C=N/NC(=O)c2ccc(CSc3nc(C)cc(C)n3)cc2)cc(Cl)c1O. The molecule has 160 valence electrons. The number of amides is 1. The average molecular weight is 457 g/mol. The van der Waals surface area contributed by atoms with E-state index in [-0.39, 0.29) is 22.4 Å². The molecule has 3 rings (SSSR count). The monoisotopic (exact) mass is 456 g/mol. The first kappa shape index (κ1) is 22.6. The predicted octanol–water partition coefficient (Wildman–Crippen LogP) is 4.52. The van der Waals surface area contributed by atoms with Crippen molar-refractivity contribution in [2.24, 2.45) is 5.10 Å². The molecule has 31 heavy (non-hydrogen) atoms. The lowest BCUT2D eigenvalue weighted by atomic mass is 10.1. The molecule has 1 aromatic heterocycles. The molecule has 0 atom stereocenters. The van der Waals surface area contributed by atoms with Crippen LogP contribution in [0.2, 0.25) is 5.02 Å². The second-order valence-electron chi connectivity index (χ2n) is 6.67. The van der Waals surface area contributed by atoms with E-state index in [9.17, 15) is 9.90 Å². The summed E-state index contributed by atoms with van der Waals surface area (Å²) in [4.78, 5) is 21.1. The molecule has 1 amide bonds. The van der Waals surface area contributed by atoms with Crippen LogP contribution in [0.5, 0.6) is 11.5 Å². The summed E-state index contributed by atoms with van der Waals surface area (Å²) in [6, 6.07) is 12.3. The van der Waals surface area contributed by atoms with Crippen LogP contribution in [-0.4, -0.2) is 34.3 Å². The standard InChI is InChI=1S/C22H21ClN4O3S/c1-13-8-14(2)26-22(25-13)31-12-15-4-6-17(7-5-15)21(29)27-24-11-16-9-18(23)20(28)19(10-16)30-3/h4-11,28H,12H2,1-3H3,(H,27,29)/b24-11+. The molecule has 3 aromatic rings. The first-order valence-electron chi connectivity index (χ1n) is 9.29. The number of thioether (sulfide) groups is 1. The molecule has 0 saturated heterocycles. The number of methoxy groups -OCH3 is 1. The van der Waals surface area contributed by atoms with Crippen LogP contribution in [0.4, 0.5) is 0 Å². The van der Waals surface area contributed by atoms with Crippen LogP contribution in [0.3, 0.4) is 0 Å². The summed E-state index contributed by atoms with van der Waals surface area (Å²) in [7, 11) is 1.42. The molecule has 0 fully saturated rings. The van der Waals surface area contributed by atoms with Crippen LogP contribution in [-0.2, 0) is 5.75 Å². The Morgan fingerprint density at radius 1 is 1.19 bits per heavy atom. The molecule has 0 radical (unpaired) electrons. The molecule has 0 aliphatic carbocycles. The van der Waals surface area contributed by atoms with Crippen molar-refractivity contribution in [3.8, 4) is 11.5 Å². The van der Waals surface area contributed by atoms with E-state index in [2.05, 4.69) is 20.5 Å². The van der Waals surface area contributed by atoms with Crippen molar-refractivity contribution < 1.29 is 14.6 Å². The molecular formula is C22H21ClN4O3S.